The van der Waals surface area contributed by atoms with Crippen molar-refractivity contribution in [2.24, 2.45) is 0 Å². The number of para-hydroxylation sites is 1. The molecule has 3 rings (SSSR count). The summed E-state index contributed by atoms with van der Waals surface area (Å²) in [7, 11) is 0. The Balaban J connectivity index is 1.65. The molecule has 0 aliphatic carbocycles. The van der Waals surface area contributed by atoms with Crippen molar-refractivity contribution < 1.29 is 4.79 Å². The van der Waals surface area contributed by atoms with Crippen LogP contribution in [0.4, 0.5) is 5.69 Å². The SMILES string of the molecule is CCc1cccc(CC)c1NC(=O)CSc1nc(-c2ccc(Cl)cc2Cl)cs1. The minimum absolute atomic E-state index is 0.0260. The first-order valence-electron chi connectivity index (χ1n) is 8.96. The summed E-state index contributed by atoms with van der Waals surface area (Å²) in [5.41, 5.74) is 4.89. The lowest BCUT2D eigenvalue weighted by Gasteiger charge is -2.14. The third kappa shape index (κ3) is 5.09. The van der Waals surface area contributed by atoms with Crippen LogP contribution >= 0.6 is 46.3 Å². The van der Waals surface area contributed by atoms with Crippen molar-refractivity contribution in [3.8, 4) is 11.3 Å². The Labute approximate surface area is 183 Å². The van der Waals surface area contributed by atoms with Crippen LogP contribution in [0.15, 0.2) is 46.1 Å². The summed E-state index contributed by atoms with van der Waals surface area (Å²) in [6.07, 6.45) is 1.77. The highest BCUT2D eigenvalue weighted by Gasteiger charge is 2.13. The summed E-state index contributed by atoms with van der Waals surface area (Å²) in [6, 6.07) is 11.5. The van der Waals surface area contributed by atoms with Crippen LogP contribution in [0.5, 0.6) is 0 Å². The molecule has 1 amide bonds. The highest BCUT2D eigenvalue weighted by Crippen LogP contribution is 2.33. The number of aryl methyl sites for hydroxylation is 2. The Hall–Kier alpha value is -1.53. The van der Waals surface area contributed by atoms with E-state index in [0.717, 1.165) is 45.3 Å². The number of thiazole rings is 1. The summed E-state index contributed by atoms with van der Waals surface area (Å²) in [5, 5.41) is 6.18. The van der Waals surface area contributed by atoms with Gasteiger partial charge < -0.3 is 5.32 Å². The van der Waals surface area contributed by atoms with E-state index in [-0.39, 0.29) is 5.91 Å². The number of nitrogens with zero attached hydrogens (tertiary/aromatic N) is 1. The molecule has 0 unspecified atom stereocenters. The van der Waals surface area contributed by atoms with Gasteiger partial charge in [0.2, 0.25) is 5.91 Å². The minimum Gasteiger partial charge on any atom is -0.325 e. The van der Waals surface area contributed by atoms with Gasteiger partial charge in [-0.2, -0.15) is 0 Å². The van der Waals surface area contributed by atoms with Gasteiger partial charge in [0.1, 0.15) is 0 Å². The molecule has 0 saturated carbocycles. The van der Waals surface area contributed by atoms with E-state index in [4.69, 9.17) is 23.2 Å². The number of anilines is 1. The number of benzene rings is 2. The Morgan fingerprint density at radius 1 is 1.14 bits per heavy atom. The lowest BCUT2D eigenvalue weighted by atomic mass is 10.0. The molecule has 0 aliphatic heterocycles. The average molecular weight is 451 g/mol. The van der Waals surface area contributed by atoms with Gasteiger partial charge in [-0.05, 0) is 42.2 Å². The summed E-state index contributed by atoms with van der Waals surface area (Å²) < 4.78 is 0.829. The maximum absolute atomic E-state index is 12.5. The smallest absolute Gasteiger partial charge is 0.234 e. The molecule has 1 aromatic heterocycles. The molecule has 2 aromatic carbocycles. The van der Waals surface area contributed by atoms with E-state index < -0.39 is 0 Å². The minimum atomic E-state index is -0.0260. The van der Waals surface area contributed by atoms with Crippen LogP contribution in [0.2, 0.25) is 10.0 Å². The van der Waals surface area contributed by atoms with Gasteiger partial charge in [0.25, 0.3) is 0 Å². The molecule has 28 heavy (non-hydrogen) atoms. The number of carbonyl (C=O) groups is 1. The summed E-state index contributed by atoms with van der Waals surface area (Å²) in [5.74, 6) is 0.282. The van der Waals surface area contributed by atoms with Crippen LogP contribution in [-0.4, -0.2) is 16.6 Å². The quantitative estimate of drug-likeness (QED) is 0.395. The molecule has 146 valence electrons. The Morgan fingerprint density at radius 2 is 1.86 bits per heavy atom. The van der Waals surface area contributed by atoms with E-state index in [1.165, 1.54) is 23.1 Å². The molecule has 0 saturated heterocycles. The van der Waals surface area contributed by atoms with E-state index in [9.17, 15) is 4.79 Å². The van der Waals surface area contributed by atoms with Gasteiger partial charge in [-0.25, -0.2) is 4.98 Å². The fraction of sp³-hybridized carbons (Fsp3) is 0.238. The standard InChI is InChI=1S/C21H20Cl2N2OS2/c1-3-13-6-5-7-14(4-2)20(13)25-19(26)12-28-21-24-18(11-27-21)16-9-8-15(22)10-17(16)23/h5-11H,3-4,12H2,1-2H3,(H,25,26). The van der Waals surface area contributed by atoms with Gasteiger partial charge in [0.05, 0.1) is 16.5 Å². The highest BCUT2D eigenvalue weighted by atomic mass is 35.5. The topological polar surface area (TPSA) is 42.0 Å². The number of halogens is 2. The van der Waals surface area contributed by atoms with E-state index in [0.29, 0.717) is 15.8 Å². The zero-order valence-corrected chi connectivity index (χ0v) is 18.7. The van der Waals surface area contributed by atoms with Crippen LogP contribution in [0.1, 0.15) is 25.0 Å². The van der Waals surface area contributed by atoms with Gasteiger partial charge in [-0.1, -0.05) is 67.0 Å². The molecule has 7 heteroatoms. The van der Waals surface area contributed by atoms with Crippen LogP contribution in [0.25, 0.3) is 11.3 Å². The van der Waals surface area contributed by atoms with E-state index in [1.807, 2.05) is 17.5 Å². The second kappa shape index (κ2) is 9.79. The number of amides is 1. The number of hydrogen-bond donors (Lipinski definition) is 1. The van der Waals surface area contributed by atoms with E-state index in [2.05, 4.69) is 36.3 Å². The zero-order chi connectivity index (χ0) is 20.1. The Bertz CT molecular complexity index is 966. The number of nitrogens with one attached hydrogen (secondary N) is 1. The maximum atomic E-state index is 12.5. The summed E-state index contributed by atoms with van der Waals surface area (Å²) >= 11 is 15.1. The van der Waals surface area contributed by atoms with Crippen molar-refractivity contribution in [3.63, 3.8) is 0 Å². The molecule has 0 atom stereocenters. The van der Waals surface area contributed by atoms with Crippen molar-refractivity contribution in [1.29, 1.82) is 0 Å². The number of rotatable bonds is 7. The number of carbonyl (C=O) groups excluding carboxylic acids is 1. The third-order valence-electron chi connectivity index (χ3n) is 4.28. The molecule has 3 nitrogen and oxygen atoms in total. The van der Waals surface area contributed by atoms with Crippen molar-refractivity contribution >= 4 is 57.9 Å². The first kappa shape index (κ1) is 21.2. The molecule has 3 aromatic rings. The fourth-order valence-electron chi connectivity index (χ4n) is 2.85. The van der Waals surface area contributed by atoms with Crippen LogP contribution in [0, 0.1) is 0 Å². The van der Waals surface area contributed by atoms with Gasteiger partial charge in [-0.3, -0.25) is 4.79 Å². The Kier molecular flexibility index (Phi) is 7.41. The zero-order valence-electron chi connectivity index (χ0n) is 15.6. The van der Waals surface area contributed by atoms with Gasteiger partial charge in [0.15, 0.2) is 4.34 Å². The van der Waals surface area contributed by atoms with E-state index in [1.54, 1.807) is 12.1 Å². The first-order chi connectivity index (χ1) is 13.5. The lowest BCUT2D eigenvalue weighted by Crippen LogP contribution is -2.16. The van der Waals surface area contributed by atoms with Gasteiger partial charge in [-0.15, -0.1) is 11.3 Å². The number of hydrogen-bond acceptors (Lipinski definition) is 4. The normalized spacial score (nSPS) is 10.9. The maximum Gasteiger partial charge on any atom is 0.234 e. The summed E-state index contributed by atoms with van der Waals surface area (Å²) in [6.45, 7) is 4.19. The number of aromatic nitrogens is 1. The molecule has 1 heterocycles. The molecule has 0 radical (unpaired) electrons. The number of thioether (sulfide) groups is 1. The molecule has 0 bridgehead atoms. The second-order valence-corrected chi connectivity index (χ2v) is 9.04. The van der Waals surface area contributed by atoms with Crippen LogP contribution in [0.3, 0.4) is 0 Å². The molecular formula is C21H20Cl2N2OS2. The Morgan fingerprint density at radius 3 is 2.50 bits per heavy atom. The van der Waals surface area contributed by atoms with Crippen molar-refractivity contribution in [2.75, 3.05) is 11.1 Å². The van der Waals surface area contributed by atoms with Crippen molar-refractivity contribution in [2.45, 2.75) is 31.0 Å². The van der Waals surface area contributed by atoms with Crippen molar-refractivity contribution in [1.82, 2.24) is 4.98 Å². The third-order valence-corrected chi connectivity index (χ3v) is 6.85. The predicted molar refractivity (Wildman–Crippen MR) is 122 cm³/mol. The first-order valence-corrected chi connectivity index (χ1v) is 11.6. The highest BCUT2D eigenvalue weighted by molar-refractivity contribution is 8.01. The fourth-order valence-corrected chi connectivity index (χ4v) is 4.98. The van der Waals surface area contributed by atoms with Crippen LogP contribution in [-0.2, 0) is 17.6 Å². The second-order valence-electron chi connectivity index (χ2n) is 6.12. The largest absolute Gasteiger partial charge is 0.325 e. The molecule has 0 fully saturated rings. The van der Waals surface area contributed by atoms with Crippen LogP contribution < -0.4 is 5.32 Å². The van der Waals surface area contributed by atoms with E-state index >= 15 is 0 Å². The average Bonchev–Trinajstić information content (AvgIpc) is 3.15. The summed E-state index contributed by atoms with van der Waals surface area (Å²) in [4.78, 5) is 17.1. The molecule has 0 aliphatic rings. The van der Waals surface area contributed by atoms with Gasteiger partial charge >= 0.3 is 0 Å². The molecular weight excluding hydrogens is 431 g/mol. The van der Waals surface area contributed by atoms with Gasteiger partial charge in [0, 0.05) is 21.7 Å². The molecule has 1 N–H and O–H groups in total. The monoisotopic (exact) mass is 450 g/mol. The predicted octanol–water partition coefficient (Wildman–Crippen LogP) is 6.97. The van der Waals surface area contributed by atoms with Crippen molar-refractivity contribution in [3.05, 3.63) is 63.0 Å². The molecule has 0 spiro atoms. The lowest BCUT2D eigenvalue weighted by molar-refractivity contribution is -0.113.